The van der Waals surface area contributed by atoms with E-state index < -0.39 is 0 Å². The molecule has 4 rings (SSSR count). The van der Waals surface area contributed by atoms with Gasteiger partial charge in [-0.3, -0.25) is 4.99 Å². The molecule has 4 heterocycles. The molecule has 0 unspecified atom stereocenters. The number of hydrogen-bond acceptors (Lipinski definition) is 6. The largest absolute Gasteiger partial charge is 0.356 e. The Bertz CT molecular complexity index is 800. The summed E-state index contributed by atoms with van der Waals surface area (Å²) in [5.41, 5.74) is 0. The van der Waals surface area contributed by atoms with Crippen molar-refractivity contribution in [1.29, 1.82) is 0 Å². The lowest BCUT2D eigenvalue weighted by Crippen LogP contribution is -2.53. The second-order valence-electron chi connectivity index (χ2n) is 7.60. The number of aliphatic imine (C=N–C) groups is 1. The summed E-state index contributed by atoms with van der Waals surface area (Å²) < 4.78 is 2.34. The molecular weight excluding hydrogens is 493 g/mol. The van der Waals surface area contributed by atoms with Crippen LogP contribution in [0.1, 0.15) is 37.3 Å². The fourth-order valence-corrected chi connectivity index (χ4v) is 4.08. The number of guanidine groups is 1. The summed E-state index contributed by atoms with van der Waals surface area (Å²) >= 11 is 0. The minimum absolute atomic E-state index is 0. The highest BCUT2D eigenvalue weighted by Gasteiger charge is 2.21. The summed E-state index contributed by atoms with van der Waals surface area (Å²) in [5, 5.41) is 12.3. The second kappa shape index (κ2) is 11.4. The van der Waals surface area contributed by atoms with Crippen LogP contribution in [-0.2, 0) is 19.4 Å². The van der Waals surface area contributed by atoms with Gasteiger partial charge in [-0.15, -0.1) is 34.2 Å². The molecule has 0 aliphatic carbocycles. The fourth-order valence-electron chi connectivity index (χ4n) is 4.08. The van der Waals surface area contributed by atoms with Gasteiger partial charge in [0.05, 0.1) is 0 Å². The molecule has 1 N–H and O–H groups in total. The van der Waals surface area contributed by atoms with Crippen molar-refractivity contribution >= 4 is 35.9 Å². The number of aromatic nitrogens is 5. The third kappa shape index (κ3) is 5.58. The van der Waals surface area contributed by atoms with E-state index in [9.17, 15) is 0 Å². The Morgan fingerprint density at radius 1 is 1.03 bits per heavy atom. The van der Waals surface area contributed by atoms with Crippen LogP contribution in [0, 0.1) is 0 Å². The van der Waals surface area contributed by atoms with Gasteiger partial charge in [-0.2, -0.15) is 0 Å². The first-order valence-electron chi connectivity index (χ1n) is 10.7. The molecule has 2 aromatic rings. The van der Waals surface area contributed by atoms with E-state index >= 15 is 0 Å². The molecule has 2 aromatic heterocycles. The number of aryl methyl sites for hydroxylation is 2. The maximum absolute atomic E-state index is 4.48. The SMILES string of the molecule is CN=C(NCCCc1nnc2n1CCCCC2)N1CCN(c2ncccn2)CC1.I. The number of piperazine rings is 1. The maximum Gasteiger partial charge on any atom is 0.225 e. The lowest BCUT2D eigenvalue weighted by atomic mass is 10.2. The first kappa shape index (κ1) is 22.7. The lowest BCUT2D eigenvalue weighted by Gasteiger charge is -2.36. The van der Waals surface area contributed by atoms with E-state index in [0.717, 1.165) is 76.3 Å². The lowest BCUT2D eigenvalue weighted by molar-refractivity contribution is 0.370. The zero-order chi connectivity index (χ0) is 19.9. The molecule has 0 bridgehead atoms. The minimum Gasteiger partial charge on any atom is -0.356 e. The van der Waals surface area contributed by atoms with Crippen molar-refractivity contribution in [1.82, 2.24) is 34.9 Å². The standard InChI is InChI=1S/C20H31N9.HI/c1-21-19(27-13-15-28(16-14-27)20-23-10-6-11-24-20)22-9-5-8-18-26-25-17-7-3-2-4-12-29(17)18;/h6,10-11H,2-5,7-9,12-16H2,1H3,(H,21,22);1H. The predicted octanol–water partition coefficient (Wildman–Crippen LogP) is 1.74. The molecule has 0 spiro atoms. The van der Waals surface area contributed by atoms with Crippen LogP contribution < -0.4 is 10.2 Å². The molecule has 0 saturated carbocycles. The summed E-state index contributed by atoms with van der Waals surface area (Å²) in [6, 6.07) is 1.85. The quantitative estimate of drug-likeness (QED) is 0.276. The number of rotatable bonds is 5. The first-order valence-corrected chi connectivity index (χ1v) is 10.7. The third-order valence-electron chi connectivity index (χ3n) is 5.67. The topological polar surface area (TPSA) is 87.4 Å². The second-order valence-corrected chi connectivity index (χ2v) is 7.60. The number of hydrogen-bond donors (Lipinski definition) is 1. The summed E-state index contributed by atoms with van der Waals surface area (Å²) in [6.45, 7) is 5.58. The average molecular weight is 525 g/mol. The number of anilines is 1. The number of fused-ring (bicyclic) bond motifs is 1. The highest BCUT2D eigenvalue weighted by Crippen LogP contribution is 2.15. The molecule has 10 heteroatoms. The maximum atomic E-state index is 4.48. The van der Waals surface area contributed by atoms with Gasteiger partial charge < -0.3 is 19.7 Å². The number of nitrogens with one attached hydrogen (secondary N) is 1. The molecule has 0 aromatic carbocycles. The van der Waals surface area contributed by atoms with Gasteiger partial charge in [0.15, 0.2) is 5.96 Å². The van der Waals surface area contributed by atoms with E-state index in [1.54, 1.807) is 12.4 Å². The molecule has 30 heavy (non-hydrogen) atoms. The van der Waals surface area contributed by atoms with Crippen molar-refractivity contribution in [3.05, 3.63) is 30.1 Å². The van der Waals surface area contributed by atoms with Crippen molar-refractivity contribution in [3.8, 4) is 0 Å². The zero-order valence-corrected chi connectivity index (χ0v) is 20.0. The third-order valence-corrected chi connectivity index (χ3v) is 5.67. The van der Waals surface area contributed by atoms with Gasteiger partial charge >= 0.3 is 0 Å². The van der Waals surface area contributed by atoms with Crippen molar-refractivity contribution in [2.75, 3.05) is 44.7 Å². The summed E-state index contributed by atoms with van der Waals surface area (Å²) in [7, 11) is 1.85. The fraction of sp³-hybridized carbons (Fsp3) is 0.650. The molecule has 1 saturated heterocycles. The van der Waals surface area contributed by atoms with Crippen LogP contribution in [0.4, 0.5) is 5.95 Å². The molecular formula is C20H32IN9. The molecule has 164 valence electrons. The number of nitrogens with zero attached hydrogens (tertiary/aromatic N) is 8. The van der Waals surface area contributed by atoms with Crippen LogP contribution in [0.2, 0.25) is 0 Å². The molecule has 2 aliphatic rings. The van der Waals surface area contributed by atoms with Crippen molar-refractivity contribution in [3.63, 3.8) is 0 Å². The monoisotopic (exact) mass is 525 g/mol. The molecule has 0 amide bonds. The summed E-state index contributed by atoms with van der Waals surface area (Å²) in [5.74, 6) is 4.08. The summed E-state index contributed by atoms with van der Waals surface area (Å²) in [4.78, 5) is 17.7. The van der Waals surface area contributed by atoms with Crippen molar-refractivity contribution in [2.45, 2.75) is 45.1 Å². The zero-order valence-electron chi connectivity index (χ0n) is 17.7. The number of halogens is 1. The Hall–Kier alpha value is -1.98. The van der Waals surface area contributed by atoms with E-state index in [-0.39, 0.29) is 24.0 Å². The Balaban J connectivity index is 0.00000256. The van der Waals surface area contributed by atoms with Crippen molar-refractivity contribution in [2.24, 2.45) is 4.99 Å². The molecule has 0 atom stereocenters. The van der Waals surface area contributed by atoms with E-state index in [1.807, 2.05) is 13.1 Å². The predicted molar refractivity (Wildman–Crippen MR) is 128 cm³/mol. The Morgan fingerprint density at radius 2 is 1.83 bits per heavy atom. The van der Waals surface area contributed by atoms with Gasteiger partial charge in [0, 0.05) is 71.6 Å². The van der Waals surface area contributed by atoms with Gasteiger partial charge in [0.1, 0.15) is 11.6 Å². The van der Waals surface area contributed by atoms with Gasteiger partial charge in [-0.25, -0.2) is 9.97 Å². The molecule has 9 nitrogen and oxygen atoms in total. The van der Waals surface area contributed by atoms with Crippen LogP contribution in [0.3, 0.4) is 0 Å². The Kier molecular flexibility index (Phi) is 8.64. The summed E-state index contributed by atoms with van der Waals surface area (Å²) in [6.07, 6.45) is 10.4. The smallest absolute Gasteiger partial charge is 0.225 e. The van der Waals surface area contributed by atoms with E-state index in [1.165, 1.54) is 25.1 Å². The highest BCUT2D eigenvalue weighted by atomic mass is 127. The average Bonchev–Trinajstić information content (AvgIpc) is 3.00. The Labute approximate surface area is 195 Å². The molecule has 2 aliphatic heterocycles. The van der Waals surface area contributed by atoms with Gasteiger partial charge in [-0.1, -0.05) is 6.42 Å². The van der Waals surface area contributed by atoms with Gasteiger partial charge in [-0.05, 0) is 25.3 Å². The van der Waals surface area contributed by atoms with Crippen molar-refractivity contribution < 1.29 is 0 Å². The van der Waals surface area contributed by atoms with Crippen LogP contribution in [0.25, 0.3) is 0 Å². The Morgan fingerprint density at radius 3 is 2.60 bits per heavy atom. The van der Waals surface area contributed by atoms with Crippen LogP contribution in [0.5, 0.6) is 0 Å². The first-order chi connectivity index (χ1) is 14.3. The highest BCUT2D eigenvalue weighted by molar-refractivity contribution is 14.0. The van der Waals surface area contributed by atoms with Gasteiger partial charge in [0.25, 0.3) is 0 Å². The van der Waals surface area contributed by atoms with E-state index in [2.05, 4.69) is 44.8 Å². The normalized spacial score (nSPS) is 17.2. The molecule has 1 fully saturated rings. The van der Waals surface area contributed by atoms with Crippen LogP contribution >= 0.6 is 24.0 Å². The van der Waals surface area contributed by atoms with Crippen LogP contribution in [0.15, 0.2) is 23.5 Å². The van der Waals surface area contributed by atoms with Gasteiger partial charge in [0.2, 0.25) is 5.95 Å². The minimum atomic E-state index is 0. The molecule has 0 radical (unpaired) electrons. The van der Waals surface area contributed by atoms with E-state index in [0.29, 0.717) is 0 Å². The van der Waals surface area contributed by atoms with E-state index in [4.69, 9.17) is 0 Å². The van der Waals surface area contributed by atoms with Crippen LogP contribution in [-0.4, -0.2) is 75.4 Å².